The van der Waals surface area contributed by atoms with E-state index < -0.39 is 0 Å². The summed E-state index contributed by atoms with van der Waals surface area (Å²) in [4.78, 5) is 3.84. The number of rotatable bonds is 13. The highest BCUT2D eigenvalue weighted by atomic mass is 32.2. The summed E-state index contributed by atoms with van der Waals surface area (Å²) in [6.45, 7) is 4.20. The summed E-state index contributed by atoms with van der Waals surface area (Å²) >= 11 is 3.62. The molecule has 1 aromatic heterocycles. The lowest BCUT2D eigenvalue weighted by molar-refractivity contribution is 0.459. The van der Waals surface area contributed by atoms with Crippen molar-refractivity contribution in [1.29, 1.82) is 10.8 Å². The largest absolute Gasteiger partial charge is 0.505 e. The summed E-state index contributed by atoms with van der Waals surface area (Å²) in [6, 6.07) is 10.2. The fourth-order valence-electron chi connectivity index (χ4n) is 4.19. The van der Waals surface area contributed by atoms with Crippen LogP contribution in [0.25, 0.3) is 16.7 Å². The number of hydrogen-bond donors (Lipinski definition) is 3. The maximum Gasteiger partial charge on any atom is 0.146 e. The molecule has 0 amide bonds. The minimum Gasteiger partial charge on any atom is -0.505 e. The molecule has 0 bridgehead atoms. The third kappa shape index (κ3) is 7.36. The van der Waals surface area contributed by atoms with Crippen LogP contribution in [-0.4, -0.2) is 43.0 Å². The summed E-state index contributed by atoms with van der Waals surface area (Å²) in [5, 5.41) is 35.5. The van der Waals surface area contributed by atoms with E-state index in [0.717, 1.165) is 64.3 Å². The Bertz CT molecular complexity index is 1340. The van der Waals surface area contributed by atoms with Crippen LogP contribution in [0.5, 0.6) is 5.75 Å². The number of fused-ring (bicyclic) bond motifs is 1. The molecular weight excluding hydrogens is 498 g/mol. The molecule has 0 spiro atoms. The van der Waals surface area contributed by atoms with Gasteiger partial charge in [-0.1, -0.05) is 32.3 Å². The van der Waals surface area contributed by atoms with Crippen molar-refractivity contribution in [2.24, 2.45) is 0 Å². The third-order valence-corrected chi connectivity index (χ3v) is 8.41. The molecule has 0 saturated carbocycles. The van der Waals surface area contributed by atoms with Crippen molar-refractivity contribution in [2.45, 2.75) is 63.7 Å². The molecule has 3 aromatic rings. The molecule has 8 heteroatoms. The van der Waals surface area contributed by atoms with Gasteiger partial charge in [0, 0.05) is 9.80 Å². The number of phenolic OH excluding ortho intramolecular Hbond substituents is 1. The molecule has 0 unspecified atom stereocenters. The first-order valence-corrected chi connectivity index (χ1v) is 14.9. The molecule has 0 aliphatic heterocycles. The number of phenols is 1. The average molecular weight is 534 g/mol. The number of unbranched alkanes of at least 4 members (excludes halogenated alkanes) is 4. The lowest BCUT2D eigenvalue weighted by Gasteiger charge is -2.10. The van der Waals surface area contributed by atoms with Gasteiger partial charge in [0.25, 0.3) is 0 Å². The highest BCUT2D eigenvalue weighted by Crippen LogP contribution is 2.30. The van der Waals surface area contributed by atoms with Crippen LogP contribution in [0.4, 0.5) is 0 Å². The summed E-state index contributed by atoms with van der Waals surface area (Å²) in [7, 11) is 0. The molecule has 194 valence electrons. The topological polar surface area (TPSA) is 98.6 Å². The zero-order valence-electron chi connectivity index (χ0n) is 21.6. The number of allylic oxidation sites excluding steroid dienone is 3. The van der Waals surface area contributed by atoms with Gasteiger partial charge in [0.1, 0.15) is 22.5 Å². The fourth-order valence-corrected chi connectivity index (χ4v) is 6.08. The third-order valence-electron chi connectivity index (χ3n) is 6.25. The van der Waals surface area contributed by atoms with E-state index in [1.54, 1.807) is 28.7 Å². The molecule has 1 aliphatic rings. The second-order valence-corrected chi connectivity index (χ2v) is 11.7. The predicted octanol–water partition coefficient (Wildman–Crippen LogP) is 7.66. The van der Waals surface area contributed by atoms with Gasteiger partial charge in [-0.3, -0.25) is 10.8 Å². The number of nitrogens with one attached hydrogen (secondary N) is 2. The number of aryl methyl sites for hydroxylation is 2. The quantitative estimate of drug-likeness (QED) is 0.119. The maximum atomic E-state index is 10.9. The second kappa shape index (κ2) is 13.1. The van der Waals surface area contributed by atoms with Gasteiger partial charge in [-0.15, -0.1) is 38.5 Å². The zero-order chi connectivity index (χ0) is 26.2. The molecule has 2 aromatic carbocycles. The van der Waals surface area contributed by atoms with Crippen LogP contribution in [0, 0.1) is 17.7 Å². The SMILES string of the molecule is CCCCc1cc(C)cc(-n2nc3ccc(SCCCCCCSC4=CC(=N)C(=N)C=C4)cc3n2)c1O. The van der Waals surface area contributed by atoms with Crippen molar-refractivity contribution in [3.63, 3.8) is 0 Å². The lowest BCUT2D eigenvalue weighted by atomic mass is 10.0. The van der Waals surface area contributed by atoms with Crippen molar-refractivity contribution in [2.75, 3.05) is 11.5 Å². The maximum absolute atomic E-state index is 10.9. The molecule has 0 radical (unpaired) electrons. The lowest BCUT2D eigenvalue weighted by Crippen LogP contribution is -2.09. The van der Waals surface area contributed by atoms with Gasteiger partial charge in [-0.05, 0) is 97.7 Å². The normalized spacial score (nSPS) is 13.5. The summed E-state index contributed by atoms with van der Waals surface area (Å²) < 4.78 is 0. The van der Waals surface area contributed by atoms with Gasteiger partial charge in [0.2, 0.25) is 0 Å². The molecule has 0 atom stereocenters. The standard InChI is InChI=1S/C29H35N5OS2/c1-3-4-9-21-16-20(2)17-28(29(21)35)34-32-26-13-11-23(19-27(26)33-34)37-15-8-6-5-7-14-36-22-10-12-24(30)25(31)18-22/h10-13,16-19,30-31,35H,3-9,14-15H2,1-2H3. The molecule has 0 saturated heterocycles. The zero-order valence-corrected chi connectivity index (χ0v) is 23.2. The van der Waals surface area contributed by atoms with Crippen molar-refractivity contribution in [3.05, 3.63) is 64.6 Å². The number of aromatic nitrogens is 3. The van der Waals surface area contributed by atoms with E-state index in [1.165, 1.54) is 24.2 Å². The van der Waals surface area contributed by atoms with Crippen LogP contribution in [0.1, 0.15) is 56.6 Å². The Balaban J connectivity index is 1.25. The van der Waals surface area contributed by atoms with Crippen molar-refractivity contribution < 1.29 is 5.11 Å². The molecule has 3 N–H and O–H groups in total. The fraction of sp³-hybridized carbons (Fsp3) is 0.379. The number of benzene rings is 2. The van der Waals surface area contributed by atoms with Gasteiger partial charge < -0.3 is 5.11 Å². The predicted molar refractivity (Wildman–Crippen MR) is 158 cm³/mol. The highest BCUT2D eigenvalue weighted by Gasteiger charge is 2.14. The number of thioether (sulfide) groups is 2. The van der Waals surface area contributed by atoms with E-state index in [4.69, 9.17) is 10.8 Å². The Labute approximate surface area is 227 Å². The average Bonchev–Trinajstić information content (AvgIpc) is 3.31. The first kappa shape index (κ1) is 27.2. The van der Waals surface area contributed by atoms with Crippen molar-refractivity contribution in [1.82, 2.24) is 15.0 Å². The molecule has 4 rings (SSSR count). The molecule has 1 heterocycles. The van der Waals surface area contributed by atoms with Crippen LogP contribution in [0.3, 0.4) is 0 Å². The Kier molecular flexibility index (Phi) is 9.63. The summed E-state index contributed by atoms with van der Waals surface area (Å²) in [5.41, 5.74) is 4.95. The Morgan fingerprint density at radius 3 is 2.38 bits per heavy atom. The van der Waals surface area contributed by atoms with Crippen LogP contribution in [0.15, 0.2) is 58.4 Å². The van der Waals surface area contributed by atoms with Crippen LogP contribution >= 0.6 is 23.5 Å². The molecular formula is C29H35N5OS2. The van der Waals surface area contributed by atoms with Crippen molar-refractivity contribution >= 4 is 46.0 Å². The van der Waals surface area contributed by atoms with Gasteiger partial charge in [0.15, 0.2) is 0 Å². The monoisotopic (exact) mass is 533 g/mol. The first-order valence-electron chi connectivity index (χ1n) is 13.0. The Morgan fingerprint density at radius 1 is 0.865 bits per heavy atom. The summed E-state index contributed by atoms with van der Waals surface area (Å²) in [6.07, 6.45) is 13.1. The minimum atomic E-state index is 0.277. The second-order valence-electron chi connectivity index (χ2n) is 9.35. The van der Waals surface area contributed by atoms with E-state index in [9.17, 15) is 5.11 Å². The van der Waals surface area contributed by atoms with E-state index in [0.29, 0.717) is 11.4 Å². The molecule has 0 fully saturated rings. The number of hydrogen-bond acceptors (Lipinski definition) is 7. The van der Waals surface area contributed by atoms with E-state index in [2.05, 4.69) is 35.3 Å². The van der Waals surface area contributed by atoms with Gasteiger partial charge in [-0.25, -0.2) is 0 Å². The van der Waals surface area contributed by atoms with Crippen LogP contribution in [0.2, 0.25) is 0 Å². The molecule has 6 nitrogen and oxygen atoms in total. The number of aromatic hydroxyl groups is 1. The van der Waals surface area contributed by atoms with Crippen LogP contribution in [-0.2, 0) is 6.42 Å². The highest BCUT2D eigenvalue weighted by molar-refractivity contribution is 8.03. The smallest absolute Gasteiger partial charge is 0.146 e. The van der Waals surface area contributed by atoms with E-state index in [-0.39, 0.29) is 11.5 Å². The van der Waals surface area contributed by atoms with Crippen molar-refractivity contribution in [3.8, 4) is 11.4 Å². The van der Waals surface area contributed by atoms with Gasteiger partial charge in [0.05, 0.1) is 11.4 Å². The van der Waals surface area contributed by atoms with E-state index >= 15 is 0 Å². The molecule has 37 heavy (non-hydrogen) atoms. The van der Waals surface area contributed by atoms with Gasteiger partial charge >= 0.3 is 0 Å². The summed E-state index contributed by atoms with van der Waals surface area (Å²) in [5.74, 6) is 2.39. The van der Waals surface area contributed by atoms with E-state index in [1.807, 2.05) is 36.9 Å². The van der Waals surface area contributed by atoms with Gasteiger partial charge in [-0.2, -0.15) is 0 Å². The molecule has 1 aliphatic carbocycles. The number of nitrogens with zero attached hydrogens (tertiary/aromatic N) is 3. The first-order chi connectivity index (χ1) is 17.9. The van der Waals surface area contributed by atoms with Crippen LogP contribution < -0.4 is 0 Å². The Morgan fingerprint density at radius 2 is 1.62 bits per heavy atom. The minimum absolute atomic E-state index is 0.277. The Hall–Kier alpha value is -2.84.